The lowest BCUT2D eigenvalue weighted by Gasteiger charge is -2.42. The lowest BCUT2D eigenvalue weighted by molar-refractivity contribution is -0.148. The number of nitrogens with two attached hydrogens (primary N) is 1. The molecule has 2 aliphatic rings. The first-order valence-corrected chi connectivity index (χ1v) is 14.4. The Bertz CT molecular complexity index is 948. The maximum atomic E-state index is 14.3. The number of amides is 2. The Morgan fingerprint density at radius 1 is 1.19 bits per heavy atom. The van der Waals surface area contributed by atoms with Gasteiger partial charge in [-0.3, -0.25) is 24.5 Å². The third-order valence-electron chi connectivity index (χ3n) is 7.37. The van der Waals surface area contributed by atoms with Gasteiger partial charge in [-0.2, -0.15) is 0 Å². The van der Waals surface area contributed by atoms with E-state index in [0.717, 1.165) is 50.6 Å². The van der Waals surface area contributed by atoms with Crippen molar-refractivity contribution in [2.24, 2.45) is 5.73 Å². The molecule has 2 amide bonds. The highest BCUT2D eigenvalue weighted by atomic mass is 32.1. The number of unbranched alkanes of at least 4 members (excludes halogenated alkanes) is 1. The second-order valence-corrected chi connectivity index (χ2v) is 11.0. The Kier molecular flexibility index (Phi) is 11.0. The SMILES string of the molecule is Cc1csc(C(=O)[C@H](CCCCN)N(C(=O)[C@@H]2CCCN2C(=O)[C@H](C)NCC(=O)O)C2CCCCC2)n1. The molecule has 37 heavy (non-hydrogen) atoms. The molecule has 0 aromatic carbocycles. The number of Topliss-reactive ketones (excluding diaryl/α,β-unsaturated/α-hetero) is 1. The third kappa shape index (κ3) is 7.58. The van der Waals surface area contributed by atoms with Gasteiger partial charge in [0.25, 0.3) is 0 Å². The van der Waals surface area contributed by atoms with Gasteiger partial charge in [0.1, 0.15) is 6.04 Å². The Morgan fingerprint density at radius 2 is 1.92 bits per heavy atom. The maximum absolute atomic E-state index is 14.3. The fraction of sp³-hybridized carbons (Fsp3) is 0.731. The van der Waals surface area contributed by atoms with E-state index in [2.05, 4.69) is 10.3 Å². The van der Waals surface area contributed by atoms with Crippen molar-refractivity contribution >= 4 is 34.9 Å². The molecule has 10 nitrogen and oxygen atoms in total. The highest BCUT2D eigenvalue weighted by Crippen LogP contribution is 2.31. The van der Waals surface area contributed by atoms with Gasteiger partial charge in [-0.25, -0.2) is 4.98 Å². The molecule has 2 fully saturated rings. The number of nitrogens with one attached hydrogen (secondary N) is 1. The van der Waals surface area contributed by atoms with E-state index in [1.54, 1.807) is 16.7 Å². The number of likely N-dealkylation sites (tertiary alicyclic amines) is 1. The number of aryl methyl sites for hydroxylation is 1. The predicted octanol–water partition coefficient (Wildman–Crippen LogP) is 2.35. The molecule has 206 valence electrons. The summed E-state index contributed by atoms with van der Waals surface area (Å²) in [4.78, 5) is 60.1. The summed E-state index contributed by atoms with van der Waals surface area (Å²) in [5, 5.41) is 14.0. The molecule has 1 aliphatic heterocycles. The largest absolute Gasteiger partial charge is 0.480 e. The Labute approximate surface area is 223 Å². The zero-order valence-electron chi connectivity index (χ0n) is 22.0. The van der Waals surface area contributed by atoms with Crippen LogP contribution in [0.15, 0.2) is 5.38 Å². The van der Waals surface area contributed by atoms with E-state index in [1.165, 1.54) is 11.3 Å². The van der Waals surface area contributed by atoms with Gasteiger partial charge < -0.3 is 20.6 Å². The van der Waals surface area contributed by atoms with E-state index in [9.17, 15) is 19.2 Å². The molecule has 0 bridgehead atoms. The van der Waals surface area contributed by atoms with Crippen molar-refractivity contribution in [3.05, 3.63) is 16.1 Å². The Balaban J connectivity index is 1.90. The second kappa shape index (κ2) is 14.0. The van der Waals surface area contributed by atoms with Gasteiger partial charge in [-0.05, 0) is 65.3 Å². The zero-order chi connectivity index (χ0) is 26.9. The molecule has 2 heterocycles. The van der Waals surface area contributed by atoms with E-state index in [1.807, 2.05) is 12.3 Å². The molecule has 0 unspecified atom stereocenters. The molecule has 1 aromatic rings. The fourth-order valence-corrected chi connectivity index (χ4v) is 6.25. The summed E-state index contributed by atoms with van der Waals surface area (Å²) in [5.74, 6) is -1.65. The minimum atomic E-state index is -1.05. The quantitative estimate of drug-likeness (QED) is 0.258. The van der Waals surface area contributed by atoms with Crippen LogP contribution in [0.5, 0.6) is 0 Å². The number of thiazole rings is 1. The number of carboxylic acid groups (broad SMARTS) is 1. The lowest BCUT2D eigenvalue weighted by Crippen LogP contribution is -2.58. The van der Waals surface area contributed by atoms with Gasteiger partial charge in [0.05, 0.1) is 18.6 Å². The Hall–Kier alpha value is -2.37. The van der Waals surface area contributed by atoms with Crippen LogP contribution in [0.1, 0.15) is 86.6 Å². The summed E-state index contributed by atoms with van der Waals surface area (Å²) < 4.78 is 0. The van der Waals surface area contributed by atoms with Crippen molar-refractivity contribution < 1.29 is 24.3 Å². The van der Waals surface area contributed by atoms with Gasteiger partial charge in [0, 0.05) is 23.7 Å². The normalized spacial score (nSPS) is 20.0. The average molecular weight is 536 g/mol. The highest BCUT2D eigenvalue weighted by molar-refractivity contribution is 7.11. The number of carbonyl (C=O) groups excluding carboxylic acids is 3. The standard InChI is InChI=1S/C26H41N5O5S/c1-17-16-37-24(29-17)23(34)20(11-6-7-13-27)31(19-9-4-3-5-10-19)26(36)21-12-8-14-30(21)25(35)18(2)28-15-22(32)33/h16,18-21,28H,3-15,27H2,1-2H3,(H,32,33)/t18-,20-,21-/m0/s1. The minimum Gasteiger partial charge on any atom is -0.480 e. The van der Waals surface area contributed by atoms with Gasteiger partial charge in [0.2, 0.25) is 17.6 Å². The van der Waals surface area contributed by atoms with Gasteiger partial charge in [-0.15, -0.1) is 11.3 Å². The number of aromatic nitrogens is 1. The molecule has 3 rings (SSSR count). The number of aliphatic carboxylic acids is 1. The second-order valence-electron chi connectivity index (χ2n) is 10.2. The van der Waals surface area contributed by atoms with E-state index >= 15 is 0 Å². The van der Waals surface area contributed by atoms with Crippen molar-refractivity contribution in [2.45, 2.75) is 102 Å². The Morgan fingerprint density at radius 3 is 2.54 bits per heavy atom. The molecule has 1 aromatic heterocycles. The number of nitrogens with zero attached hydrogens (tertiary/aromatic N) is 3. The van der Waals surface area contributed by atoms with Crippen molar-refractivity contribution in [2.75, 3.05) is 19.6 Å². The molecule has 4 N–H and O–H groups in total. The first kappa shape index (κ1) is 29.2. The van der Waals surface area contributed by atoms with Crippen LogP contribution in [-0.2, 0) is 14.4 Å². The summed E-state index contributed by atoms with van der Waals surface area (Å²) in [5.41, 5.74) is 6.52. The van der Waals surface area contributed by atoms with Crippen LogP contribution >= 0.6 is 11.3 Å². The van der Waals surface area contributed by atoms with Crippen LogP contribution in [0.4, 0.5) is 0 Å². The molecule has 3 atom stereocenters. The van der Waals surface area contributed by atoms with E-state index in [0.29, 0.717) is 37.4 Å². The van der Waals surface area contributed by atoms with Crippen LogP contribution < -0.4 is 11.1 Å². The van der Waals surface area contributed by atoms with Crippen LogP contribution in [0, 0.1) is 6.92 Å². The summed E-state index contributed by atoms with van der Waals surface area (Å²) in [6.07, 6.45) is 7.97. The first-order valence-electron chi connectivity index (χ1n) is 13.5. The molecule has 1 aliphatic carbocycles. The lowest BCUT2D eigenvalue weighted by atomic mass is 9.90. The predicted molar refractivity (Wildman–Crippen MR) is 141 cm³/mol. The van der Waals surface area contributed by atoms with E-state index in [4.69, 9.17) is 10.8 Å². The number of hydrogen-bond acceptors (Lipinski definition) is 8. The van der Waals surface area contributed by atoms with Crippen LogP contribution in [0.3, 0.4) is 0 Å². The third-order valence-corrected chi connectivity index (χ3v) is 8.35. The monoisotopic (exact) mass is 535 g/mol. The molecule has 1 saturated carbocycles. The number of hydrogen-bond donors (Lipinski definition) is 3. The van der Waals surface area contributed by atoms with Crippen molar-refractivity contribution in [3.8, 4) is 0 Å². The molecule has 0 radical (unpaired) electrons. The smallest absolute Gasteiger partial charge is 0.317 e. The van der Waals surface area contributed by atoms with Crippen molar-refractivity contribution in [3.63, 3.8) is 0 Å². The van der Waals surface area contributed by atoms with Gasteiger partial charge >= 0.3 is 5.97 Å². The zero-order valence-corrected chi connectivity index (χ0v) is 22.8. The topological polar surface area (TPSA) is 146 Å². The average Bonchev–Trinajstić information content (AvgIpc) is 3.55. The minimum absolute atomic E-state index is 0.0609. The van der Waals surface area contributed by atoms with Crippen LogP contribution in [-0.4, -0.2) is 87.3 Å². The highest BCUT2D eigenvalue weighted by Gasteiger charge is 2.44. The summed E-state index contributed by atoms with van der Waals surface area (Å²) in [6, 6.07) is -2.10. The fourth-order valence-electron chi connectivity index (χ4n) is 5.47. The number of carbonyl (C=O) groups is 4. The summed E-state index contributed by atoms with van der Waals surface area (Å²) >= 11 is 1.31. The van der Waals surface area contributed by atoms with Crippen LogP contribution in [0.2, 0.25) is 0 Å². The molecule has 1 saturated heterocycles. The molecule has 11 heteroatoms. The number of rotatable bonds is 13. The van der Waals surface area contributed by atoms with Crippen molar-refractivity contribution in [1.82, 2.24) is 20.1 Å². The van der Waals surface area contributed by atoms with Crippen molar-refractivity contribution in [1.29, 1.82) is 0 Å². The maximum Gasteiger partial charge on any atom is 0.317 e. The first-order chi connectivity index (χ1) is 17.7. The van der Waals surface area contributed by atoms with Gasteiger partial charge in [-0.1, -0.05) is 19.3 Å². The van der Waals surface area contributed by atoms with E-state index < -0.39 is 24.1 Å². The van der Waals surface area contributed by atoms with Gasteiger partial charge in [0.15, 0.2) is 5.01 Å². The number of carboxylic acids is 1. The summed E-state index contributed by atoms with van der Waals surface area (Å²) in [7, 11) is 0. The van der Waals surface area contributed by atoms with E-state index in [-0.39, 0.29) is 30.2 Å². The molecular weight excluding hydrogens is 494 g/mol. The molecular formula is C26H41N5O5S. The number of ketones is 1. The van der Waals surface area contributed by atoms with Crippen LogP contribution in [0.25, 0.3) is 0 Å². The summed E-state index contributed by atoms with van der Waals surface area (Å²) in [6.45, 7) is 4.08. The molecule has 0 spiro atoms.